The number of thioether (sulfide) groups is 1. The van der Waals surface area contributed by atoms with Gasteiger partial charge in [-0.2, -0.15) is 18.4 Å². The first-order valence-corrected chi connectivity index (χ1v) is 14.4. The Morgan fingerprint density at radius 3 is 2.66 bits per heavy atom. The number of nitrogens with two attached hydrogens (primary N) is 1. The molecule has 2 aliphatic rings. The SMILES string of the molecule is COc1ccccc1C1C(C#N)=C(N)N(c2nnc(SCc3cccc(C(F)(F)F)c3)s2)C2=C1C(=O)CC(C)(C)C2. The molecule has 2 N–H and O–H groups in total. The van der Waals surface area contributed by atoms with Gasteiger partial charge in [0, 0.05) is 29.0 Å². The minimum Gasteiger partial charge on any atom is -0.496 e. The number of nitriles is 1. The second kappa shape index (κ2) is 10.9. The standard InChI is InChI=1S/C29H26F3N5O2S2/c1-28(2)12-20-24(21(38)13-28)23(18-9-4-5-10-22(18)39-3)19(14-33)25(34)37(20)26-35-36-27(41-26)40-15-16-7-6-8-17(11-16)29(30,31)32/h4-11,23H,12-13,15,34H2,1-3H3. The van der Waals surface area contributed by atoms with Crippen molar-refractivity contribution in [2.75, 3.05) is 12.0 Å². The molecule has 0 radical (unpaired) electrons. The van der Waals surface area contributed by atoms with Gasteiger partial charge in [-0.05, 0) is 29.5 Å². The second-order valence-corrected chi connectivity index (χ2v) is 12.7. The van der Waals surface area contributed by atoms with Gasteiger partial charge in [-0.15, -0.1) is 10.2 Å². The summed E-state index contributed by atoms with van der Waals surface area (Å²) in [6.07, 6.45) is -3.62. The molecule has 12 heteroatoms. The maximum atomic E-state index is 13.7. The highest BCUT2D eigenvalue weighted by Crippen LogP contribution is 2.52. The van der Waals surface area contributed by atoms with Crippen LogP contribution in [0.2, 0.25) is 0 Å². The van der Waals surface area contributed by atoms with E-state index in [9.17, 15) is 23.2 Å². The van der Waals surface area contributed by atoms with E-state index in [1.54, 1.807) is 17.0 Å². The number of aromatic nitrogens is 2. The molecule has 1 unspecified atom stereocenters. The summed E-state index contributed by atoms with van der Waals surface area (Å²) in [5.41, 5.74) is 8.11. The van der Waals surface area contributed by atoms with Crippen LogP contribution < -0.4 is 15.4 Å². The summed E-state index contributed by atoms with van der Waals surface area (Å²) in [6.45, 7) is 4.00. The number of ketones is 1. The maximum Gasteiger partial charge on any atom is 0.416 e. The highest BCUT2D eigenvalue weighted by atomic mass is 32.2. The molecule has 0 amide bonds. The van der Waals surface area contributed by atoms with Crippen LogP contribution in [0.4, 0.5) is 18.3 Å². The van der Waals surface area contributed by atoms with Crippen LogP contribution in [-0.2, 0) is 16.7 Å². The van der Waals surface area contributed by atoms with Crippen molar-refractivity contribution < 1.29 is 22.7 Å². The van der Waals surface area contributed by atoms with Crippen molar-refractivity contribution in [2.24, 2.45) is 11.1 Å². The molecule has 1 aromatic heterocycles. The predicted molar refractivity (Wildman–Crippen MR) is 151 cm³/mol. The molecule has 2 heterocycles. The van der Waals surface area contributed by atoms with E-state index < -0.39 is 17.7 Å². The molecule has 1 aliphatic carbocycles. The second-order valence-electron chi connectivity index (χ2n) is 10.6. The van der Waals surface area contributed by atoms with Gasteiger partial charge in [-0.3, -0.25) is 9.69 Å². The summed E-state index contributed by atoms with van der Waals surface area (Å²) in [4.78, 5) is 15.4. The fourth-order valence-electron chi connectivity index (χ4n) is 5.28. The Morgan fingerprint density at radius 2 is 1.95 bits per heavy atom. The number of para-hydroxylation sites is 1. The topological polar surface area (TPSA) is 105 Å². The largest absolute Gasteiger partial charge is 0.496 e. The van der Waals surface area contributed by atoms with Crippen molar-refractivity contribution in [1.29, 1.82) is 5.26 Å². The van der Waals surface area contributed by atoms with Gasteiger partial charge in [0.1, 0.15) is 11.6 Å². The van der Waals surface area contributed by atoms with Crippen molar-refractivity contribution in [2.45, 2.75) is 48.9 Å². The number of carbonyl (C=O) groups excluding carboxylic acids is 1. The van der Waals surface area contributed by atoms with E-state index in [0.29, 0.717) is 50.5 Å². The normalized spacial score (nSPS) is 18.8. The van der Waals surface area contributed by atoms with Crippen LogP contribution in [0.15, 0.2) is 75.5 Å². The van der Waals surface area contributed by atoms with Crippen molar-refractivity contribution >= 4 is 34.0 Å². The van der Waals surface area contributed by atoms with Crippen LogP contribution in [-0.4, -0.2) is 23.1 Å². The number of anilines is 1. The van der Waals surface area contributed by atoms with E-state index >= 15 is 0 Å². The number of hydrogen-bond donors (Lipinski definition) is 1. The number of methoxy groups -OCH3 is 1. The average Bonchev–Trinajstić information content (AvgIpc) is 3.38. The number of alkyl halides is 3. The van der Waals surface area contributed by atoms with Crippen LogP contribution in [0, 0.1) is 16.7 Å². The molecule has 7 nitrogen and oxygen atoms in total. The van der Waals surface area contributed by atoms with Gasteiger partial charge >= 0.3 is 6.18 Å². The van der Waals surface area contributed by atoms with Gasteiger partial charge in [0.05, 0.1) is 30.2 Å². The fourth-order valence-corrected chi connectivity index (χ4v) is 7.10. The van der Waals surface area contributed by atoms with Crippen LogP contribution in [0.25, 0.3) is 0 Å². The minimum absolute atomic E-state index is 0.0823. The highest BCUT2D eigenvalue weighted by Gasteiger charge is 2.46. The van der Waals surface area contributed by atoms with Crippen molar-refractivity contribution in [1.82, 2.24) is 10.2 Å². The first-order valence-electron chi connectivity index (χ1n) is 12.6. The number of ether oxygens (including phenoxy) is 1. The molecule has 0 bridgehead atoms. The Hall–Kier alpha value is -3.82. The number of hydrogen-bond acceptors (Lipinski definition) is 9. The first-order chi connectivity index (χ1) is 19.4. The summed E-state index contributed by atoms with van der Waals surface area (Å²) in [5, 5.41) is 19.2. The lowest BCUT2D eigenvalue weighted by Crippen LogP contribution is -2.42. The summed E-state index contributed by atoms with van der Waals surface area (Å²) >= 11 is 2.44. The fraction of sp³-hybridized carbons (Fsp3) is 0.310. The number of nitrogens with zero attached hydrogens (tertiary/aromatic N) is 4. The number of Topliss-reactive ketones (excluding diaryl/α,β-unsaturated/α-hetero) is 1. The van der Waals surface area contributed by atoms with Gasteiger partial charge in [0.2, 0.25) is 5.13 Å². The number of halogens is 3. The predicted octanol–water partition coefficient (Wildman–Crippen LogP) is 6.80. The van der Waals surface area contributed by atoms with Crippen LogP contribution in [0.3, 0.4) is 0 Å². The lowest BCUT2D eigenvalue weighted by atomic mass is 9.68. The van der Waals surface area contributed by atoms with Crippen molar-refractivity contribution in [3.8, 4) is 11.8 Å². The minimum atomic E-state index is -4.43. The summed E-state index contributed by atoms with van der Waals surface area (Å²) in [6, 6.07) is 14.6. The lowest BCUT2D eigenvalue weighted by Gasteiger charge is -2.42. The molecular weight excluding hydrogens is 571 g/mol. The summed E-state index contributed by atoms with van der Waals surface area (Å²) in [7, 11) is 1.54. The third-order valence-corrected chi connectivity index (χ3v) is 9.15. The Labute approximate surface area is 243 Å². The smallest absolute Gasteiger partial charge is 0.416 e. The summed E-state index contributed by atoms with van der Waals surface area (Å²) in [5.74, 6) is 0.163. The molecule has 0 saturated carbocycles. The molecule has 212 valence electrons. The Bertz CT molecular complexity index is 1620. The van der Waals surface area contributed by atoms with Gasteiger partial charge in [-0.1, -0.05) is 73.3 Å². The van der Waals surface area contributed by atoms with Gasteiger partial charge in [0.25, 0.3) is 0 Å². The first kappa shape index (κ1) is 28.7. The number of allylic oxidation sites excluding steroid dienone is 3. The Kier molecular flexibility index (Phi) is 7.61. The zero-order valence-electron chi connectivity index (χ0n) is 22.5. The van der Waals surface area contributed by atoms with Gasteiger partial charge in [0.15, 0.2) is 10.1 Å². The maximum absolute atomic E-state index is 13.7. The molecule has 0 spiro atoms. The number of benzene rings is 2. The van der Waals surface area contributed by atoms with Crippen molar-refractivity contribution in [3.63, 3.8) is 0 Å². The molecule has 1 aliphatic heterocycles. The van der Waals surface area contributed by atoms with Gasteiger partial charge < -0.3 is 10.5 Å². The molecular formula is C29H26F3N5O2S2. The van der Waals surface area contributed by atoms with Crippen LogP contribution in [0.1, 0.15) is 49.3 Å². The van der Waals surface area contributed by atoms with E-state index in [4.69, 9.17) is 10.5 Å². The zero-order valence-corrected chi connectivity index (χ0v) is 24.1. The summed E-state index contributed by atoms with van der Waals surface area (Å²) < 4.78 is 45.5. The third kappa shape index (κ3) is 5.56. The van der Waals surface area contributed by atoms with E-state index in [1.165, 1.54) is 36.3 Å². The van der Waals surface area contributed by atoms with E-state index in [1.807, 2.05) is 32.0 Å². The molecule has 41 heavy (non-hydrogen) atoms. The molecule has 0 saturated heterocycles. The Morgan fingerprint density at radius 1 is 1.20 bits per heavy atom. The molecule has 0 fully saturated rings. The molecule has 1 atom stereocenters. The quantitative estimate of drug-likeness (QED) is 0.310. The zero-order chi connectivity index (χ0) is 29.5. The molecule has 3 aromatic rings. The van der Waals surface area contributed by atoms with Gasteiger partial charge in [-0.25, -0.2) is 0 Å². The third-order valence-electron chi connectivity index (χ3n) is 7.03. The number of carbonyl (C=O) groups is 1. The van der Waals surface area contributed by atoms with Crippen LogP contribution in [0.5, 0.6) is 5.75 Å². The van der Waals surface area contributed by atoms with E-state index in [0.717, 1.165) is 12.1 Å². The highest BCUT2D eigenvalue weighted by molar-refractivity contribution is 8.00. The Balaban J connectivity index is 1.54. The van der Waals surface area contributed by atoms with E-state index in [2.05, 4.69) is 16.3 Å². The molecule has 5 rings (SSSR count). The van der Waals surface area contributed by atoms with Crippen LogP contribution >= 0.6 is 23.1 Å². The number of rotatable bonds is 6. The lowest BCUT2D eigenvalue weighted by molar-refractivity contribution is -0.137. The average molecular weight is 598 g/mol. The monoisotopic (exact) mass is 597 g/mol. The molecule has 2 aromatic carbocycles. The van der Waals surface area contributed by atoms with Crippen molar-refractivity contribution in [3.05, 3.63) is 87.9 Å². The van der Waals surface area contributed by atoms with E-state index in [-0.39, 0.29) is 28.3 Å².